The Morgan fingerprint density at radius 1 is 1.39 bits per heavy atom. The van der Waals surface area contributed by atoms with Crippen molar-refractivity contribution in [2.24, 2.45) is 5.92 Å². The van der Waals surface area contributed by atoms with E-state index in [1.807, 2.05) is 16.2 Å². The number of aryl methyl sites for hydroxylation is 2. The van der Waals surface area contributed by atoms with Crippen molar-refractivity contribution >= 4 is 29.9 Å². The molecule has 1 aliphatic heterocycles. The number of fused-ring (bicyclic) bond motifs is 1. The molecule has 2 heterocycles. The normalized spacial score (nSPS) is 23.5. The standard InChI is InChI=1S/C13H18N2OS2/c16-13-5-9(8-17)6-15(13)7-12-14-10-3-1-2-4-11(10)18-12/h9,17H,1-8H2. The zero-order valence-electron chi connectivity index (χ0n) is 10.4. The Balaban J connectivity index is 1.69. The van der Waals surface area contributed by atoms with E-state index >= 15 is 0 Å². The summed E-state index contributed by atoms with van der Waals surface area (Å²) < 4.78 is 0. The molecule has 1 atom stereocenters. The first-order chi connectivity index (χ1) is 8.76. The molecule has 18 heavy (non-hydrogen) atoms. The lowest BCUT2D eigenvalue weighted by molar-refractivity contribution is -0.128. The number of thiazole rings is 1. The molecular formula is C13H18N2OS2. The molecule has 0 N–H and O–H groups in total. The van der Waals surface area contributed by atoms with E-state index in [0.29, 0.717) is 18.9 Å². The van der Waals surface area contributed by atoms with Crippen LogP contribution < -0.4 is 0 Å². The summed E-state index contributed by atoms with van der Waals surface area (Å²) in [5.41, 5.74) is 1.29. The van der Waals surface area contributed by atoms with E-state index in [2.05, 4.69) is 12.6 Å². The molecule has 98 valence electrons. The molecule has 1 amide bonds. The number of hydrogen-bond donors (Lipinski definition) is 1. The molecule has 1 aromatic rings. The molecule has 2 aliphatic rings. The summed E-state index contributed by atoms with van der Waals surface area (Å²) >= 11 is 6.10. The number of hydrogen-bond acceptors (Lipinski definition) is 4. The first-order valence-electron chi connectivity index (χ1n) is 6.62. The van der Waals surface area contributed by atoms with Crippen LogP contribution in [-0.4, -0.2) is 28.1 Å². The molecule has 0 bridgehead atoms. The van der Waals surface area contributed by atoms with Crippen LogP contribution >= 0.6 is 24.0 Å². The van der Waals surface area contributed by atoms with Gasteiger partial charge in [-0.3, -0.25) is 4.79 Å². The molecule has 0 radical (unpaired) electrons. The maximum Gasteiger partial charge on any atom is 0.223 e. The van der Waals surface area contributed by atoms with E-state index in [0.717, 1.165) is 23.7 Å². The smallest absolute Gasteiger partial charge is 0.223 e. The number of carbonyl (C=O) groups excluding carboxylic acids is 1. The third-order valence-electron chi connectivity index (χ3n) is 3.77. The topological polar surface area (TPSA) is 33.2 Å². The third-order valence-corrected chi connectivity index (χ3v) is 5.43. The second kappa shape index (κ2) is 5.21. The van der Waals surface area contributed by atoms with Gasteiger partial charge in [-0.2, -0.15) is 12.6 Å². The largest absolute Gasteiger partial charge is 0.336 e. The van der Waals surface area contributed by atoms with Gasteiger partial charge in [-0.15, -0.1) is 11.3 Å². The summed E-state index contributed by atoms with van der Waals surface area (Å²) in [6.07, 6.45) is 5.52. The monoisotopic (exact) mass is 282 g/mol. The van der Waals surface area contributed by atoms with Crippen LogP contribution in [0.2, 0.25) is 0 Å². The van der Waals surface area contributed by atoms with E-state index < -0.39 is 0 Å². The molecule has 5 heteroatoms. The van der Waals surface area contributed by atoms with Gasteiger partial charge in [-0.25, -0.2) is 4.98 Å². The fourth-order valence-corrected chi connectivity index (χ4v) is 4.18. The van der Waals surface area contributed by atoms with Gasteiger partial charge in [0.2, 0.25) is 5.91 Å². The van der Waals surface area contributed by atoms with Gasteiger partial charge in [0.15, 0.2) is 0 Å². The molecule has 0 aromatic carbocycles. The molecule has 0 spiro atoms. The number of aromatic nitrogens is 1. The van der Waals surface area contributed by atoms with E-state index in [9.17, 15) is 4.79 Å². The van der Waals surface area contributed by atoms with Crippen LogP contribution in [0, 0.1) is 5.92 Å². The predicted molar refractivity (Wildman–Crippen MR) is 76.1 cm³/mol. The van der Waals surface area contributed by atoms with E-state index in [1.54, 1.807) is 0 Å². The molecule has 1 saturated heterocycles. The molecule has 1 unspecified atom stereocenters. The maximum atomic E-state index is 11.9. The van der Waals surface area contributed by atoms with Crippen molar-refractivity contribution in [2.45, 2.75) is 38.6 Å². The van der Waals surface area contributed by atoms with Gasteiger partial charge in [0.05, 0.1) is 12.2 Å². The fourth-order valence-electron chi connectivity index (χ4n) is 2.77. The van der Waals surface area contributed by atoms with E-state index in [-0.39, 0.29) is 5.91 Å². The van der Waals surface area contributed by atoms with Gasteiger partial charge >= 0.3 is 0 Å². The zero-order valence-corrected chi connectivity index (χ0v) is 12.1. The van der Waals surface area contributed by atoms with Crippen LogP contribution in [-0.2, 0) is 24.2 Å². The van der Waals surface area contributed by atoms with Gasteiger partial charge in [0.25, 0.3) is 0 Å². The average molecular weight is 282 g/mol. The SMILES string of the molecule is O=C1CC(CS)CN1Cc1nc2c(s1)CCCC2. The molecular weight excluding hydrogens is 264 g/mol. The first-order valence-corrected chi connectivity index (χ1v) is 8.07. The van der Waals surface area contributed by atoms with Crippen LogP contribution in [0.4, 0.5) is 0 Å². The number of thiol groups is 1. The van der Waals surface area contributed by atoms with Crippen molar-refractivity contribution < 1.29 is 4.79 Å². The van der Waals surface area contributed by atoms with Crippen molar-refractivity contribution in [1.29, 1.82) is 0 Å². The Labute approximate surface area is 117 Å². The number of nitrogens with zero attached hydrogens (tertiary/aromatic N) is 2. The first kappa shape index (κ1) is 12.5. The molecule has 0 saturated carbocycles. The quantitative estimate of drug-likeness (QED) is 0.863. The lowest BCUT2D eigenvalue weighted by Gasteiger charge is -2.14. The number of rotatable bonds is 3. The average Bonchev–Trinajstić information content (AvgIpc) is 2.93. The minimum absolute atomic E-state index is 0.266. The zero-order chi connectivity index (χ0) is 12.5. The number of likely N-dealkylation sites (tertiary alicyclic amines) is 1. The molecule has 1 aromatic heterocycles. The van der Waals surface area contributed by atoms with Gasteiger partial charge in [0, 0.05) is 17.8 Å². The minimum Gasteiger partial charge on any atom is -0.336 e. The van der Waals surface area contributed by atoms with Crippen molar-refractivity contribution in [3.63, 3.8) is 0 Å². The van der Waals surface area contributed by atoms with E-state index in [1.165, 1.54) is 29.8 Å². The summed E-state index contributed by atoms with van der Waals surface area (Å²) in [5.74, 6) is 1.49. The highest BCUT2D eigenvalue weighted by Gasteiger charge is 2.29. The Hall–Kier alpha value is -0.550. The summed E-state index contributed by atoms with van der Waals surface area (Å²) in [7, 11) is 0. The maximum absolute atomic E-state index is 11.9. The second-order valence-corrected chi connectivity index (χ2v) is 6.74. The lowest BCUT2D eigenvalue weighted by atomic mass is 10.0. The molecule has 3 nitrogen and oxygen atoms in total. The second-order valence-electron chi connectivity index (χ2n) is 5.21. The van der Waals surface area contributed by atoms with Crippen molar-refractivity contribution in [2.75, 3.05) is 12.3 Å². The van der Waals surface area contributed by atoms with Gasteiger partial charge in [-0.05, 0) is 37.4 Å². The highest BCUT2D eigenvalue weighted by Crippen LogP contribution is 2.29. The van der Waals surface area contributed by atoms with Gasteiger partial charge in [-0.1, -0.05) is 0 Å². The Bertz CT molecular complexity index is 434. The van der Waals surface area contributed by atoms with Crippen LogP contribution in [0.3, 0.4) is 0 Å². The van der Waals surface area contributed by atoms with Crippen LogP contribution in [0.15, 0.2) is 0 Å². The van der Waals surface area contributed by atoms with Crippen LogP contribution in [0.5, 0.6) is 0 Å². The molecule has 1 aliphatic carbocycles. The molecule has 1 fully saturated rings. The van der Waals surface area contributed by atoms with Gasteiger partial charge in [0.1, 0.15) is 5.01 Å². The van der Waals surface area contributed by atoms with Crippen molar-refractivity contribution in [1.82, 2.24) is 9.88 Å². The highest BCUT2D eigenvalue weighted by atomic mass is 32.1. The van der Waals surface area contributed by atoms with Gasteiger partial charge < -0.3 is 4.90 Å². The predicted octanol–water partition coefficient (Wildman–Crippen LogP) is 2.30. The third kappa shape index (κ3) is 2.43. The lowest BCUT2D eigenvalue weighted by Crippen LogP contribution is -2.24. The summed E-state index contributed by atoms with van der Waals surface area (Å²) in [6, 6.07) is 0. The summed E-state index contributed by atoms with van der Waals surface area (Å²) in [5, 5.41) is 1.12. The van der Waals surface area contributed by atoms with Crippen LogP contribution in [0.25, 0.3) is 0 Å². The highest BCUT2D eigenvalue weighted by molar-refractivity contribution is 7.80. The van der Waals surface area contributed by atoms with Crippen LogP contribution in [0.1, 0.15) is 34.8 Å². The molecule has 3 rings (SSSR count). The van der Waals surface area contributed by atoms with Crippen molar-refractivity contribution in [3.05, 3.63) is 15.6 Å². The Morgan fingerprint density at radius 2 is 2.22 bits per heavy atom. The summed E-state index contributed by atoms with van der Waals surface area (Å²) in [4.78, 5) is 20.0. The minimum atomic E-state index is 0.266. The number of carbonyl (C=O) groups is 1. The number of amides is 1. The Kier molecular flexibility index (Phi) is 3.61. The van der Waals surface area contributed by atoms with Crippen molar-refractivity contribution in [3.8, 4) is 0 Å². The van der Waals surface area contributed by atoms with E-state index in [4.69, 9.17) is 4.98 Å². The Morgan fingerprint density at radius 3 is 2.94 bits per heavy atom. The summed E-state index contributed by atoms with van der Waals surface area (Å²) in [6.45, 7) is 1.56. The fraction of sp³-hybridized carbons (Fsp3) is 0.692.